The van der Waals surface area contributed by atoms with E-state index in [1.807, 2.05) is 6.07 Å². The summed E-state index contributed by atoms with van der Waals surface area (Å²) in [7, 11) is 0. The second-order valence-corrected chi connectivity index (χ2v) is 6.94. The Kier molecular flexibility index (Phi) is 5.12. The molecule has 4 rings (SSSR count). The number of amides is 1. The number of halogens is 1. The number of aryl methyl sites for hydroxylation is 1. The third-order valence-electron chi connectivity index (χ3n) is 4.94. The van der Waals surface area contributed by atoms with Gasteiger partial charge in [0.1, 0.15) is 17.7 Å². The van der Waals surface area contributed by atoms with Crippen LogP contribution in [-0.4, -0.2) is 26.1 Å². The van der Waals surface area contributed by atoms with E-state index in [4.69, 9.17) is 0 Å². The van der Waals surface area contributed by atoms with Crippen molar-refractivity contribution in [2.24, 2.45) is 0 Å². The first-order valence-electron chi connectivity index (χ1n) is 9.18. The quantitative estimate of drug-likeness (QED) is 0.682. The van der Waals surface area contributed by atoms with Gasteiger partial charge in [-0.05, 0) is 51.7 Å². The monoisotopic (exact) mass is 380 g/mol. The molecule has 0 spiro atoms. The Balaban J connectivity index is 1.50. The summed E-state index contributed by atoms with van der Waals surface area (Å²) in [6.45, 7) is 3.88. The highest BCUT2D eigenvalue weighted by atomic mass is 19.1. The van der Waals surface area contributed by atoms with E-state index >= 15 is 0 Å². The topological polar surface area (TPSA) is 84.7 Å². The largest absolute Gasteiger partial charge is 0.350 e. The standard InChI is InChI=1S/C20H21FN6O/c1-13-24-25-26-27(13)19(9-14-3-2-4-18(21)8-14)20(28)23-10-15-5-6-16-11-22-12-17(16)7-15/h2-8,19,22H,9-12H2,1H3,(H,23,28). The number of fused-ring (bicyclic) bond motifs is 1. The Morgan fingerprint density at radius 1 is 1.21 bits per heavy atom. The van der Waals surface area contributed by atoms with Gasteiger partial charge < -0.3 is 10.6 Å². The molecule has 2 aromatic carbocycles. The molecule has 0 radical (unpaired) electrons. The molecule has 0 fully saturated rings. The molecule has 2 N–H and O–H groups in total. The maximum absolute atomic E-state index is 13.6. The number of hydrogen-bond acceptors (Lipinski definition) is 5. The van der Waals surface area contributed by atoms with Crippen molar-refractivity contribution in [1.82, 2.24) is 30.8 Å². The van der Waals surface area contributed by atoms with Gasteiger partial charge in [-0.25, -0.2) is 9.07 Å². The number of nitrogens with one attached hydrogen (secondary N) is 2. The lowest BCUT2D eigenvalue weighted by atomic mass is 10.0. The second-order valence-electron chi connectivity index (χ2n) is 6.94. The van der Waals surface area contributed by atoms with Crippen molar-refractivity contribution in [2.75, 3.05) is 0 Å². The summed E-state index contributed by atoms with van der Waals surface area (Å²) in [6.07, 6.45) is 0.295. The van der Waals surface area contributed by atoms with Gasteiger partial charge in [0, 0.05) is 26.1 Å². The molecular weight excluding hydrogens is 359 g/mol. The molecule has 1 atom stereocenters. The zero-order valence-corrected chi connectivity index (χ0v) is 15.5. The van der Waals surface area contributed by atoms with E-state index < -0.39 is 6.04 Å². The van der Waals surface area contributed by atoms with Crippen LogP contribution in [0, 0.1) is 12.7 Å². The molecule has 0 bridgehead atoms. The van der Waals surface area contributed by atoms with Crippen LogP contribution in [0.2, 0.25) is 0 Å². The number of aromatic nitrogens is 4. The Morgan fingerprint density at radius 3 is 2.86 bits per heavy atom. The van der Waals surface area contributed by atoms with Gasteiger partial charge in [0.05, 0.1) is 0 Å². The van der Waals surface area contributed by atoms with Crippen LogP contribution in [0.15, 0.2) is 42.5 Å². The first-order valence-corrected chi connectivity index (χ1v) is 9.18. The van der Waals surface area contributed by atoms with Crippen LogP contribution in [-0.2, 0) is 30.8 Å². The number of carbonyl (C=O) groups excluding carboxylic acids is 1. The van der Waals surface area contributed by atoms with Gasteiger partial charge in [-0.1, -0.05) is 30.3 Å². The third kappa shape index (κ3) is 3.91. The maximum atomic E-state index is 13.6. The predicted octanol–water partition coefficient (Wildman–Crippen LogP) is 1.82. The molecule has 0 saturated carbocycles. The van der Waals surface area contributed by atoms with Crippen LogP contribution in [0.4, 0.5) is 4.39 Å². The van der Waals surface area contributed by atoms with E-state index in [0.717, 1.165) is 18.7 Å². The van der Waals surface area contributed by atoms with Gasteiger partial charge in [0.2, 0.25) is 5.91 Å². The number of tetrazole rings is 1. The molecule has 7 nitrogen and oxygen atoms in total. The molecule has 1 aliphatic heterocycles. The van der Waals surface area contributed by atoms with E-state index in [1.165, 1.54) is 27.9 Å². The number of rotatable bonds is 6. The van der Waals surface area contributed by atoms with Crippen molar-refractivity contribution in [3.05, 3.63) is 76.4 Å². The molecule has 144 valence electrons. The fraction of sp³-hybridized carbons (Fsp3) is 0.300. The second kappa shape index (κ2) is 7.85. The number of benzene rings is 2. The molecule has 1 aliphatic rings. The molecule has 1 aromatic heterocycles. The summed E-state index contributed by atoms with van der Waals surface area (Å²) >= 11 is 0. The van der Waals surface area contributed by atoms with Crippen molar-refractivity contribution in [3.8, 4) is 0 Å². The number of nitrogens with zero attached hydrogens (tertiary/aromatic N) is 4. The van der Waals surface area contributed by atoms with Crippen LogP contribution < -0.4 is 10.6 Å². The molecule has 3 aromatic rings. The molecule has 1 unspecified atom stereocenters. The Labute approximate surface area is 162 Å². The van der Waals surface area contributed by atoms with Crippen LogP contribution >= 0.6 is 0 Å². The highest BCUT2D eigenvalue weighted by Crippen LogP contribution is 2.18. The van der Waals surface area contributed by atoms with Crippen LogP contribution in [0.5, 0.6) is 0 Å². The van der Waals surface area contributed by atoms with Gasteiger partial charge in [-0.2, -0.15) is 0 Å². The van der Waals surface area contributed by atoms with Crippen molar-refractivity contribution < 1.29 is 9.18 Å². The van der Waals surface area contributed by atoms with E-state index in [1.54, 1.807) is 19.1 Å². The third-order valence-corrected chi connectivity index (χ3v) is 4.94. The zero-order valence-electron chi connectivity index (χ0n) is 15.5. The van der Waals surface area contributed by atoms with E-state index in [2.05, 4.69) is 38.3 Å². The maximum Gasteiger partial charge on any atom is 0.245 e. The molecule has 1 amide bonds. The van der Waals surface area contributed by atoms with E-state index in [-0.39, 0.29) is 11.7 Å². The Hall–Kier alpha value is -3.13. The number of carbonyl (C=O) groups is 1. The lowest BCUT2D eigenvalue weighted by molar-refractivity contribution is -0.124. The predicted molar refractivity (Wildman–Crippen MR) is 101 cm³/mol. The van der Waals surface area contributed by atoms with Crippen LogP contribution in [0.3, 0.4) is 0 Å². The molecule has 2 heterocycles. The summed E-state index contributed by atoms with van der Waals surface area (Å²) in [5.41, 5.74) is 4.30. The van der Waals surface area contributed by atoms with Gasteiger partial charge in [0.25, 0.3) is 0 Å². The molecule has 0 aliphatic carbocycles. The summed E-state index contributed by atoms with van der Waals surface area (Å²) in [5, 5.41) is 17.8. The van der Waals surface area contributed by atoms with Crippen molar-refractivity contribution >= 4 is 5.91 Å². The van der Waals surface area contributed by atoms with Crippen LogP contribution in [0.25, 0.3) is 0 Å². The first kappa shape index (κ1) is 18.2. The minimum atomic E-state index is -0.659. The smallest absolute Gasteiger partial charge is 0.245 e. The normalized spacial score (nSPS) is 13.9. The lowest BCUT2D eigenvalue weighted by Gasteiger charge is -2.18. The molecule has 8 heteroatoms. The van der Waals surface area contributed by atoms with Gasteiger partial charge >= 0.3 is 0 Å². The van der Waals surface area contributed by atoms with Crippen LogP contribution in [0.1, 0.15) is 34.1 Å². The fourth-order valence-corrected chi connectivity index (χ4v) is 3.47. The Bertz CT molecular complexity index is 1000. The average Bonchev–Trinajstić information content (AvgIpc) is 3.32. The van der Waals surface area contributed by atoms with Crippen molar-refractivity contribution in [1.29, 1.82) is 0 Å². The fourth-order valence-electron chi connectivity index (χ4n) is 3.47. The van der Waals surface area contributed by atoms with E-state index in [0.29, 0.717) is 24.4 Å². The summed E-state index contributed by atoms with van der Waals surface area (Å²) < 4.78 is 15.0. The van der Waals surface area contributed by atoms with Crippen molar-refractivity contribution in [3.63, 3.8) is 0 Å². The molecule has 28 heavy (non-hydrogen) atoms. The minimum absolute atomic E-state index is 0.210. The average molecular weight is 380 g/mol. The zero-order chi connectivity index (χ0) is 19.5. The van der Waals surface area contributed by atoms with E-state index in [9.17, 15) is 9.18 Å². The summed E-state index contributed by atoms with van der Waals surface area (Å²) in [4.78, 5) is 13.0. The summed E-state index contributed by atoms with van der Waals surface area (Å²) in [5.74, 6) is -0.0183. The first-order chi connectivity index (χ1) is 13.6. The lowest BCUT2D eigenvalue weighted by Crippen LogP contribution is -2.34. The van der Waals surface area contributed by atoms with Crippen molar-refractivity contribution in [2.45, 2.75) is 39.0 Å². The Morgan fingerprint density at radius 2 is 2.07 bits per heavy atom. The van der Waals surface area contributed by atoms with Gasteiger partial charge in [0.15, 0.2) is 0 Å². The van der Waals surface area contributed by atoms with Gasteiger partial charge in [-0.15, -0.1) is 5.10 Å². The van der Waals surface area contributed by atoms with Gasteiger partial charge in [-0.3, -0.25) is 4.79 Å². The molecule has 0 saturated heterocycles. The molecular formula is C20H21FN6O. The highest BCUT2D eigenvalue weighted by Gasteiger charge is 2.24. The minimum Gasteiger partial charge on any atom is -0.350 e. The SMILES string of the molecule is Cc1nnnn1C(Cc1cccc(F)c1)C(=O)NCc1ccc2c(c1)CNC2. The highest BCUT2D eigenvalue weighted by molar-refractivity contribution is 5.80. The number of hydrogen-bond donors (Lipinski definition) is 2. The summed E-state index contributed by atoms with van der Waals surface area (Å²) in [6, 6.07) is 11.8.